The predicted molar refractivity (Wildman–Crippen MR) is 393 cm³/mol. The third kappa shape index (κ3) is 19.8. The summed E-state index contributed by atoms with van der Waals surface area (Å²) in [4.78, 5) is 66.7. The molecule has 106 heavy (non-hydrogen) atoms. The van der Waals surface area contributed by atoms with Crippen molar-refractivity contribution >= 4 is 93.3 Å². The van der Waals surface area contributed by atoms with Crippen LogP contribution in [0.15, 0.2) is 24.3 Å². The summed E-state index contributed by atoms with van der Waals surface area (Å²) in [5.74, 6) is -4.84. The predicted octanol–water partition coefficient (Wildman–Crippen LogP) is 14.1. The number of carbonyl (C=O) groups excluding carboxylic acids is 4. The second kappa shape index (κ2) is 35.0. The van der Waals surface area contributed by atoms with Gasteiger partial charge in [0.2, 0.25) is 10.6 Å². The van der Waals surface area contributed by atoms with E-state index in [9.17, 15) is 28.3 Å². The Kier molecular flexibility index (Phi) is 28.2. The third-order valence-electron chi connectivity index (χ3n) is 18.1. The fraction of sp³-hybridized carbons (Fsp3) is 0.771. The first-order valence-electron chi connectivity index (χ1n) is 36.9. The molecule has 4 aromatic heterocycles. The number of aromatic nitrogens is 6. The second-order valence-electron chi connectivity index (χ2n) is 30.7. The average Bonchev–Trinajstić information content (AvgIpc) is 1.57. The van der Waals surface area contributed by atoms with Gasteiger partial charge in [0.15, 0.2) is 23.2 Å². The van der Waals surface area contributed by atoms with Gasteiger partial charge in [-0.15, -0.1) is 10.2 Å². The second-order valence-corrected chi connectivity index (χ2v) is 41.3. The molecule has 10 atom stereocenters. The van der Waals surface area contributed by atoms with Crippen LogP contribution in [0, 0.1) is 0 Å². The van der Waals surface area contributed by atoms with Crippen LogP contribution in [0.3, 0.4) is 0 Å². The molecule has 2 unspecified atom stereocenters. The largest absolute Gasteiger partial charge is 0.464 e. The van der Waals surface area contributed by atoms with Gasteiger partial charge in [-0.1, -0.05) is 45.3 Å². The lowest BCUT2D eigenvalue weighted by atomic mass is 10.1. The Morgan fingerprint density at radius 3 is 1.42 bits per heavy atom. The van der Waals surface area contributed by atoms with E-state index >= 15 is 0 Å². The zero-order valence-corrected chi connectivity index (χ0v) is 69.0. The summed E-state index contributed by atoms with van der Waals surface area (Å²) in [6.45, 7) is 33.8. The minimum Gasteiger partial charge on any atom is -0.464 e. The number of esters is 2. The van der Waals surface area contributed by atoms with E-state index < -0.39 is 137 Å². The third-order valence-corrected chi connectivity index (χ3v) is 24.8. The van der Waals surface area contributed by atoms with E-state index in [1.807, 2.05) is 53.7 Å². The van der Waals surface area contributed by atoms with Crippen LogP contribution in [-0.4, -0.2) is 210 Å². The van der Waals surface area contributed by atoms with Crippen molar-refractivity contribution in [3.8, 4) is 0 Å². The number of anilines is 2. The molecule has 2 aliphatic carbocycles. The highest BCUT2D eigenvalue weighted by atomic mass is 35.5. The number of ether oxygens (including phenoxy) is 13. The Morgan fingerprint density at radius 1 is 0.604 bits per heavy atom. The molecule has 596 valence electrons. The maximum atomic E-state index is 14.7. The summed E-state index contributed by atoms with van der Waals surface area (Å²) in [5.41, 5.74) is 0.671. The number of carbonyl (C=O) groups is 4. The molecule has 0 bridgehead atoms. The Morgan fingerprint density at radius 2 is 1.02 bits per heavy atom. The Hall–Kier alpha value is -4.54. The van der Waals surface area contributed by atoms with E-state index in [0.29, 0.717) is 40.7 Å². The summed E-state index contributed by atoms with van der Waals surface area (Å²) < 4.78 is 134. The first kappa shape index (κ1) is 85.5. The van der Waals surface area contributed by atoms with E-state index in [1.54, 1.807) is 100 Å². The number of hydrogen-bond donors (Lipinski definition) is 0. The smallest absolute Gasteiger partial charge is 0.416 e. The Balaban J connectivity index is 0.000000248. The highest BCUT2D eigenvalue weighted by Crippen LogP contribution is 2.62. The molecule has 4 saturated heterocycles. The van der Waals surface area contributed by atoms with Gasteiger partial charge in [0.1, 0.15) is 71.1 Å². The number of halogens is 2. The van der Waals surface area contributed by atoms with E-state index in [1.165, 1.54) is 0 Å². The molecule has 31 nitrogen and oxygen atoms in total. The van der Waals surface area contributed by atoms with Gasteiger partial charge in [0.25, 0.3) is 11.2 Å². The van der Waals surface area contributed by atoms with Crippen molar-refractivity contribution in [3.63, 3.8) is 0 Å². The van der Waals surface area contributed by atoms with Crippen molar-refractivity contribution in [1.29, 1.82) is 0 Å². The highest BCUT2D eigenvalue weighted by Gasteiger charge is 2.64. The molecule has 4 aliphatic heterocycles. The zero-order valence-electron chi connectivity index (χ0n) is 64.7. The van der Waals surface area contributed by atoms with E-state index in [0.717, 1.165) is 57.4 Å². The molecular formula is C70H110Cl2N8O23P2Si. The number of fused-ring (bicyclic) bond motifs is 4. The molecule has 0 N–H and O–H groups in total. The molecule has 8 heterocycles. The number of nitrogens with zero attached hydrogens (tertiary/aromatic N) is 8. The van der Waals surface area contributed by atoms with Gasteiger partial charge in [0, 0.05) is 26.8 Å². The van der Waals surface area contributed by atoms with Gasteiger partial charge >= 0.3 is 39.3 Å². The quantitative estimate of drug-likeness (QED) is 0.0148. The van der Waals surface area contributed by atoms with Crippen molar-refractivity contribution in [2.75, 3.05) is 75.9 Å². The van der Waals surface area contributed by atoms with Gasteiger partial charge in [-0.3, -0.25) is 18.9 Å². The van der Waals surface area contributed by atoms with Crippen molar-refractivity contribution in [1.82, 2.24) is 29.2 Å². The van der Waals surface area contributed by atoms with Crippen molar-refractivity contribution in [3.05, 3.63) is 46.2 Å². The molecular weight excluding hydrogens is 1480 g/mol. The van der Waals surface area contributed by atoms with Crippen LogP contribution in [0.5, 0.6) is 0 Å². The molecule has 0 radical (unpaired) electrons. The molecule has 6 fully saturated rings. The summed E-state index contributed by atoms with van der Waals surface area (Å²) in [5, 5.41) is 6.61. The lowest BCUT2D eigenvalue weighted by Crippen LogP contribution is -2.50. The summed E-state index contributed by atoms with van der Waals surface area (Å²) in [6, 6.07) is 7.75. The number of rotatable bonds is 31. The highest BCUT2D eigenvalue weighted by molar-refractivity contribution is 7.56. The molecule has 0 aromatic carbocycles. The van der Waals surface area contributed by atoms with Crippen LogP contribution in [0.1, 0.15) is 186 Å². The van der Waals surface area contributed by atoms with Crippen LogP contribution in [-0.2, 0) is 98.4 Å². The summed E-state index contributed by atoms with van der Waals surface area (Å²) in [7, 11) is -10.0. The molecule has 36 heteroatoms. The lowest BCUT2D eigenvalue weighted by Gasteiger charge is -2.37. The molecule has 10 rings (SSSR count). The standard InChI is InChI=1S/C38H62ClN4O12PSi.C32H48ClN4O11P/c1-12-48-33(44)38(24-47-21-22-57(9,10)11,56(46,50-13-2)51-14-3)49-23-28-30-31(54-37(7,8)53-30)29(52-28)26-19-20-27-32(40-34(39)41-43(26)27)42(25-17-15-16-18-25)35(45)55-36(4,5)6;1-9-41-27(38)28(49(40,43-10-2)44-11-3)42-18-22-24-25(47-32(7,8)46-24)23(45-22)20-16-17-21-26(34-29(33)35-37(20)21)36(19-14-12-13-15-19)30(39)48-31(4,5)6/h19-20,25,28-31H,12-18,21-24H2,1-11H3;16-17,19,22-25,28H,9-15,18H2,1-8H3/t28-,29-,30-,31+,38?;22-,23-,24-,25+,28?/m11/s1. The maximum absolute atomic E-state index is 14.7. The lowest BCUT2D eigenvalue weighted by molar-refractivity contribution is -0.202. The molecule has 2 amide bonds. The SMILES string of the molecule is CCOC(=O)C(COCC[Si](C)(C)C)(OC[C@H]1O[C@H](c2ccc3c(N(C(=O)OC(C)(C)C)C4CCCC4)nc(Cl)nn23)[C@@H]2OC(C)(C)O[C@@H]21)P(=O)(OCC)OCC.CCOC(=O)C(OC[C@H]1O[C@H](c2ccc3c(N(C(=O)OC(C)(C)C)C4CCCC4)nc(Cl)nn23)[C@@H]2OC(C)(C)O[C@@H]21)P(=O)(OCC)OCC. The number of amides is 2. The van der Waals surface area contributed by atoms with Gasteiger partial charge in [-0.05, 0) is 190 Å². The van der Waals surface area contributed by atoms with Gasteiger partial charge < -0.3 is 79.7 Å². The van der Waals surface area contributed by atoms with Gasteiger partial charge in [-0.2, -0.15) is 9.97 Å². The van der Waals surface area contributed by atoms with Crippen molar-refractivity contribution in [2.45, 2.75) is 283 Å². The fourth-order valence-electron chi connectivity index (χ4n) is 13.9. The first-order chi connectivity index (χ1) is 49.8. The molecule has 4 aromatic rings. The van der Waals surface area contributed by atoms with Crippen LogP contribution in [0.4, 0.5) is 21.2 Å². The van der Waals surface area contributed by atoms with Crippen LogP contribution in [0.2, 0.25) is 36.3 Å². The fourth-order valence-corrected chi connectivity index (χ4v) is 18.6. The molecule has 0 spiro atoms. The van der Waals surface area contributed by atoms with E-state index in [2.05, 4.69) is 39.8 Å². The van der Waals surface area contributed by atoms with Crippen LogP contribution < -0.4 is 9.80 Å². The number of hydrogen-bond acceptors (Lipinski definition) is 27. The zero-order chi connectivity index (χ0) is 77.7. The minimum atomic E-state index is -4.40. The van der Waals surface area contributed by atoms with Gasteiger partial charge in [0.05, 0.1) is 70.8 Å². The Labute approximate surface area is 632 Å². The van der Waals surface area contributed by atoms with E-state index in [4.69, 9.17) is 103 Å². The van der Waals surface area contributed by atoms with Crippen molar-refractivity contribution in [2.24, 2.45) is 0 Å². The topological polar surface area (TPSA) is 326 Å². The van der Waals surface area contributed by atoms with Crippen LogP contribution in [0.25, 0.3) is 11.0 Å². The minimum absolute atomic E-state index is 0.0191. The monoisotopic (exact) mass is 1590 g/mol. The maximum Gasteiger partial charge on any atom is 0.416 e. The summed E-state index contributed by atoms with van der Waals surface area (Å²) >= 11 is 13.2. The molecule has 6 aliphatic rings. The van der Waals surface area contributed by atoms with E-state index in [-0.39, 0.29) is 75.5 Å². The first-order valence-corrected chi connectivity index (χ1v) is 44.5. The normalized spacial score (nSPS) is 24.2. The van der Waals surface area contributed by atoms with Crippen LogP contribution >= 0.6 is 38.4 Å². The summed E-state index contributed by atoms with van der Waals surface area (Å²) in [6.07, 6.45) is 0.104. The average molecular weight is 1590 g/mol. The Bertz CT molecular complexity index is 3760. The van der Waals surface area contributed by atoms with Gasteiger partial charge in [-0.25, -0.2) is 28.2 Å². The molecule has 2 saturated carbocycles. The van der Waals surface area contributed by atoms with Crippen molar-refractivity contribution < 1.29 is 108 Å².